The molecule has 1 fully saturated rings. The molecule has 0 radical (unpaired) electrons. The average molecular weight is 362 g/mol. The second-order valence-electron chi connectivity index (χ2n) is 5.87. The fraction of sp³-hybridized carbons (Fsp3) is 0.571. The van der Waals surface area contributed by atoms with Gasteiger partial charge in [-0.1, -0.05) is 29.8 Å². The summed E-state index contributed by atoms with van der Waals surface area (Å²) < 4.78 is 33.9. The maximum atomic E-state index is 12.4. The molecule has 20 heavy (non-hydrogen) atoms. The lowest BCUT2D eigenvalue weighted by molar-refractivity contribution is -0.0908. The van der Waals surface area contributed by atoms with Crippen LogP contribution in [0.2, 0.25) is 0 Å². The van der Waals surface area contributed by atoms with Gasteiger partial charge in [0.15, 0.2) is 0 Å². The van der Waals surface area contributed by atoms with Crippen molar-refractivity contribution >= 4 is 26.0 Å². The quantitative estimate of drug-likeness (QED) is 0.896. The highest BCUT2D eigenvalue weighted by molar-refractivity contribution is 9.10. The smallest absolute Gasteiger partial charge is 0.240 e. The molecule has 0 spiro atoms. The molecule has 4 nitrogen and oxygen atoms in total. The molecule has 1 aliphatic rings. The Balaban J connectivity index is 2.18. The Bertz CT molecular complexity index is 613. The van der Waals surface area contributed by atoms with Crippen LogP contribution >= 0.6 is 15.9 Å². The number of aryl methyl sites for hydroxylation is 1. The minimum absolute atomic E-state index is 0.0959. The molecule has 0 aliphatic heterocycles. The summed E-state index contributed by atoms with van der Waals surface area (Å²) in [6.07, 6.45) is 0.806. The van der Waals surface area contributed by atoms with Gasteiger partial charge in [0, 0.05) is 23.0 Å². The molecule has 6 heteroatoms. The highest BCUT2D eigenvalue weighted by atomic mass is 79.9. The van der Waals surface area contributed by atoms with Crippen molar-refractivity contribution in [2.75, 3.05) is 7.11 Å². The molecule has 0 amide bonds. The van der Waals surface area contributed by atoms with Gasteiger partial charge in [0.25, 0.3) is 0 Å². The summed E-state index contributed by atoms with van der Waals surface area (Å²) in [5.74, 6) is 0. The van der Waals surface area contributed by atoms with Gasteiger partial charge >= 0.3 is 0 Å². The van der Waals surface area contributed by atoms with E-state index in [0.717, 1.165) is 10.0 Å². The molecule has 1 aromatic rings. The number of hydrogen-bond acceptors (Lipinski definition) is 3. The van der Waals surface area contributed by atoms with Crippen molar-refractivity contribution in [3.63, 3.8) is 0 Å². The van der Waals surface area contributed by atoms with Crippen molar-refractivity contribution in [1.82, 2.24) is 4.72 Å². The molecule has 2 atom stereocenters. The first-order valence-corrected chi connectivity index (χ1v) is 8.77. The van der Waals surface area contributed by atoms with Crippen molar-refractivity contribution in [3.05, 3.63) is 28.2 Å². The van der Waals surface area contributed by atoms with E-state index in [4.69, 9.17) is 4.74 Å². The second kappa shape index (κ2) is 5.40. The van der Waals surface area contributed by atoms with E-state index in [9.17, 15) is 8.42 Å². The maximum Gasteiger partial charge on any atom is 0.240 e. The SMILES string of the molecule is COC1CC(NS(=O)(=O)c2ccc(Br)c(C)c2)C1(C)C. The lowest BCUT2D eigenvalue weighted by Gasteiger charge is -2.50. The van der Waals surface area contributed by atoms with Crippen LogP contribution in [0.3, 0.4) is 0 Å². The number of rotatable bonds is 4. The summed E-state index contributed by atoms with van der Waals surface area (Å²) in [7, 11) is -1.83. The normalized spacial score (nSPS) is 25.2. The first-order valence-electron chi connectivity index (χ1n) is 6.50. The maximum absolute atomic E-state index is 12.4. The third kappa shape index (κ3) is 2.79. The van der Waals surface area contributed by atoms with E-state index in [0.29, 0.717) is 11.3 Å². The van der Waals surface area contributed by atoms with E-state index in [1.165, 1.54) is 0 Å². The molecule has 2 unspecified atom stereocenters. The topological polar surface area (TPSA) is 55.4 Å². The largest absolute Gasteiger partial charge is 0.381 e. The third-order valence-electron chi connectivity index (χ3n) is 4.20. The molecule has 112 valence electrons. The summed E-state index contributed by atoms with van der Waals surface area (Å²) in [4.78, 5) is 0.301. The summed E-state index contributed by atoms with van der Waals surface area (Å²) >= 11 is 3.38. The van der Waals surface area contributed by atoms with Gasteiger partial charge in [-0.3, -0.25) is 0 Å². The van der Waals surface area contributed by atoms with Crippen molar-refractivity contribution in [1.29, 1.82) is 0 Å². The molecule has 1 aliphatic carbocycles. The number of nitrogens with one attached hydrogen (secondary N) is 1. The number of halogens is 1. The van der Waals surface area contributed by atoms with Crippen LogP contribution in [0.5, 0.6) is 0 Å². The van der Waals surface area contributed by atoms with Gasteiger partial charge in [0.05, 0.1) is 11.0 Å². The number of benzene rings is 1. The Kier molecular flexibility index (Phi) is 4.31. The van der Waals surface area contributed by atoms with Gasteiger partial charge in [-0.05, 0) is 37.1 Å². The van der Waals surface area contributed by atoms with Gasteiger partial charge < -0.3 is 4.74 Å². The van der Waals surface area contributed by atoms with Crippen molar-refractivity contribution in [2.45, 2.75) is 44.2 Å². The zero-order chi connectivity index (χ0) is 15.1. The van der Waals surface area contributed by atoms with Crippen LogP contribution in [0.25, 0.3) is 0 Å². The molecule has 1 aromatic carbocycles. The summed E-state index contributed by atoms with van der Waals surface area (Å²) in [6, 6.07) is 4.94. The Morgan fingerprint density at radius 3 is 2.55 bits per heavy atom. The molecule has 1 N–H and O–H groups in total. The number of hydrogen-bond donors (Lipinski definition) is 1. The van der Waals surface area contributed by atoms with Crippen LogP contribution in [0.1, 0.15) is 25.8 Å². The minimum atomic E-state index is -3.49. The van der Waals surface area contributed by atoms with Gasteiger partial charge in [-0.15, -0.1) is 0 Å². The van der Waals surface area contributed by atoms with Crippen LogP contribution in [0, 0.1) is 12.3 Å². The lowest BCUT2D eigenvalue weighted by atomic mass is 9.65. The van der Waals surface area contributed by atoms with Crippen LogP contribution in [-0.2, 0) is 14.8 Å². The number of methoxy groups -OCH3 is 1. The minimum Gasteiger partial charge on any atom is -0.381 e. The van der Waals surface area contributed by atoms with Gasteiger partial charge in [-0.25, -0.2) is 13.1 Å². The van der Waals surface area contributed by atoms with Crippen LogP contribution < -0.4 is 4.72 Å². The molecular formula is C14H20BrNO3S. The third-order valence-corrected chi connectivity index (χ3v) is 6.56. The van der Waals surface area contributed by atoms with Gasteiger partial charge in [-0.2, -0.15) is 0 Å². The Labute approximate surface area is 129 Å². The van der Waals surface area contributed by atoms with E-state index >= 15 is 0 Å². The van der Waals surface area contributed by atoms with E-state index < -0.39 is 10.0 Å². The summed E-state index contributed by atoms with van der Waals surface area (Å²) in [5, 5.41) is 0. The number of sulfonamides is 1. The number of ether oxygens (including phenoxy) is 1. The van der Waals surface area contributed by atoms with Crippen molar-refractivity contribution < 1.29 is 13.2 Å². The fourth-order valence-corrected chi connectivity index (χ4v) is 4.26. The Morgan fingerprint density at radius 2 is 2.05 bits per heavy atom. The van der Waals surface area contributed by atoms with Crippen molar-refractivity contribution in [3.8, 4) is 0 Å². The molecule has 1 saturated carbocycles. The summed E-state index contributed by atoms with van der Waals surface area (Å²) in [6.45, 7) is 5.91. The highest BCUT2D eigenvalue weighted by Gasteiger charge is 2.50. The van der Waals surface area contributed by atoms with Crippen molar-refractivity contribution in [2.24, 2.45) is 5.41 Å². The second-order valence-corrected chi connectivity index (χ2v) is 8.43. The lowest BCUT2D eigenvalue weighted by Crippen LogP contribution is -2.61. The molecule has 0 heterocycles. The monoisotopic (exact) mass is 361 g/mol. The first-order chi connectivity index (χ1) is 9.18. The molecule has 0 aromatic heterocycles. The fourth-order valence-electron chi connectivity index (χ4n) is 2.53. The molecular weight excluding hydrogens is 342 g/mol. The predicted molar refractivity (Wildman–Crippen MR) is 82.2 cm³/mol. The molecule has 0 saturated heterocycles. The van der Waals surface area contributed by atoms with Crippen LogP contribution in [0.15, 0.2) is 27.6 Å². The highest BCUT2D eigenvalue weighted by Crippen LogP contribution is 2.43. The Morgan fingerprint density at radius 1 is 1.40 bits per heavy atom. The van der Waals surface area contributed by atoms with Crippen LogP contribution in [0.4, 0.5) is 0 Å². The van der Waals surface area contributed by atoms with Gasteiger partial charge in [0.2, 0.25) is 10.0 Å². The average Bonchev–Trinajstić information content (AvgIpc) is 2.37. The van der Waals surface area contributed by atoms with Crippen LogP contribution in [-0.4, -0.2) is 27.7 Å². The first kappa shape index (κ1) is 15.9. The van der Waals surface area contributed by atoms with E-state index in [1.54, 1.807) is 25.3 Å². The van der Waals surface area contributed by atoms with E-state index in [-0.39, 0.29) is 17.6 Å². The zero-order valence-electron chi connectivity index (χ0n) is 12.1. The van der Waals surface area contributed by atoms with E-state index in [1.807, 2.05) is 20.8 Å². The Hall–Kier alpha value is -0.430. The summed E-state index contributed by atoms with van der Waals surface area (Å²) in [5.41, 5.74) is 0.710. The standard InChI is InChI=1S/C14H20BrNO3S/c1-9-7-10(5-6-11(9)15)20(17,18)16-12-8-13(19-4)14(12,2)3/h5-7,12-13,16H,8H2,1-4H3. The predicted octanol–water partition coefficient (Wildman–Crippen LogP) is 2.85. The molecule has 2 rings (SSSR count). The zero-order valence-corrected chi connectivity index (χ0v) is 14.5. The van der Waals surface area contributed by atoms with E-state index in [2.05, 4.69) is 20.7 Å². The molecule has 0 bridgehead atoms. The van der Waals surface area contributed by atoms with Gasteiger partial charge in [0.1, 0.15) is 0 Å².